The second kappa shape index (κ2) is 7.07. The molecule has 0 radical (unpaired) electrons. The van der Waals surface area contributed by atoms with Crippen LogP contribution in [0.3, 0.4) is 0 Å². The molecule has 0 spiro atoms. The van der Waals surface area contributed by atoms with E-state index in [2.05, 4.69) is 24.5 Å². The second-order valence-corrected chi connectivity index (χ2v) is 5.27. The van der Waals surface area contributed by atoms with Crippen LogP contribution in [-0.4, -0.2) is 31.4 Å². The van der Waals surface area contributed by atoms with Crippen LogP contribution in [0.4, 0.5) is 0 Å². The van der Waals surface area contributed by atoms with Crippen LogP contribution in [0.5, 0.6) is 0 Å². The lowest BCUT2D eigenvalue weighted by Crippen LogP contribution is -2.45. The maximum Gasteiger partial charge on any atom is 0.166 e. The first-order valence-electron chi connectivity index (χ1n) is 6.16. The van der Waals surface area contributed by atoms with Gasteiger partial charge in [0.1, 0.15) is 0 Å². The summed E-state index contributed by atoms with van der Waals surface area (Å²) in [5.74, 6) is 1.65. The number of nitrogens with one attached hydrogen (secondary N) is 2. The minimum absolute atomic E-state index is 0.550. The first-order valence-corrected chi connectivity index (χ1v) is 6.57. The molecule has 0 aliphatic heterocycles. The zero-order valence-corrected chi connectivity index (χ0v) is 11.4. The predicted molar refractivity (Wildman–Crippen MR) is 71.6 cm³/mol. The quantitative estimate of drug-likeness (QED) is 0.585. The largest absolute Gasteiger partial charge is 0.383 e. The molecule has 0 amide bonds. The van der Waals surface area contributed by atoms with Crippen molar-refractivity contribution < 1.29 is 4.74 Å². The zero-order valence-electron chi connectivity index (χ0n) is 10.6. The van der Waals surface area contributed by atoms with Crippen LogP contribution in [0.2, 0.25) is 0 Å². The molecule has 1 aliphatic carbocycles. The highest BCUT2D eigenvalue weighted by Gasteiger charge is 2.24. The van der Waals surface area contributed by atoms with E-state index in [1.54, 1.807) is 7.11 Å². The van der Waals surface area contributed by atoms with Gasteiger partial charge in [0.2, 0.25) is 0 Å². The van der Waals surface area contributed by atoms with Gasteiger partial charge >= 0.3 is 0 Å². The Labute approximate surface area is 104 Å². The monoisotopic (exact) mass is 244 g/mol. The summed E-state index contributed by atoms with van der Waals surface area (Å²) in [5.41, 5.74) is 0. The molecule has 3 atom stereocenters. The molecule has 0 aromatic rings. The molecule has 1 aliphatic rings. The molecule has 0 aromatic carbocycles. The average Bonchev–Trinajstić information content (AvgIpc) is 2.24. The lowest BCUT2D eigenvalue weighted by atomic mass is 9.79. The summed E-state index contributed by atoms with van der Waals surface area (Å²) in [4.78, 5) is 0. The third kappa shape index (κ3) is 4.66. The number of methoxy groups -OCH3 is 1. The maximum atomic E-state index is 5.24. The summed E-state index contributed by atoms with van der Waals surface area (Å²) < 4.78 is 4.96. The summed E-state index contributed by atoms with van der Waals surface area (Å²) in [5, 5.41) is 7.31. The van der Waals surface area contributed by atoms with Gasteiger partial charge in [-0.2, -0.15) is 0 Å². The van der Waals surface area contributed by atoms with Gasteiger partial charge in [0.25, 0.3) is 0 Å². The lowest BCUT2D eigenvalue weighted by Gasteiger charge is -2.33. The highest BCUT2D eigenvalue weighted by molar-refractivity contribution is 7.80. The Kier molecular flexibility index (Phi) is 6.06. The number of hydrogen-bond donors (Lipinski definition) is 2. The van der Waals surface area contributed by atoms with Gasteiger partial charge in [0.05, 0.1) is 6.61 Å². The standard InChI is InChI=1S/C12H24N2OS/c1-9-4-5-11(8-10(9)2)14-12(16)13-6-7-15-3/h9-11H,4-8H2,1-3H3,(H2,13,14,16). The molecular formula is C12H24N2OS. The first kappa shape index (κ1) is 13.7. The molecular weight excluding hydrogens is 220 g/mol. The Balaban J connectivity index is 2.19. The van der Waals surface area contributed by atoms with Crippen LogP contribution in [0.1, 0.15) is 33.1 Å². The van der Waals surface area contributed by atoms with Crippen molar-refractivity contribution in [3.63, 3.8) is 0 Å². The Morgan fingerprint density at radius 1 is 1.31 bits per heavy atom. The SMILES string of the molecule is COCCNC(=S)NC1CCC(C)C(C)C1. The molecule has 0 aromatic heterocycles. The number of ether oxygens (including phenoxy) is 1. The van der Waals surface area contributed by atoms with Gasteiger partial charge in [-0.25, -0.2) is 0 Å². The molecule has 16 heavy (non-hydrogen) atoms. The smallest absolute Gasteiger partial charge is 0.166 e. The van der Waals surface area contributed by atoms with Crippen LogP contribution < -0.4 is 10.6 Å². The predicted octanol–water partition coefficient (Wildman–Crippen LogP) is 1.92. The van der Waals surface area contributed by atoms with Crippen molar-refractivity contribution in [2.75, 3.05) is 20.3 Å². The molecule has 3 unspecified atom stereocenters. The minimum atomic E-state index is 0.550. The molecule has 0 bridgehead atoms. The average molecular weight is 244 g/mol. The van der Waals surface area contributed by atoms with E-state index in [-0.39, 0.29) is 0 Å². The van der Waals surface area contributed by atoms with Crippen molar-refractivity contribution in [3.05, 3.63) is 0 Å². The first-order chi connectivity index (χ1) is 7.63. The lowest BCUT2D eigenvalue weighted by molar-refractivity contribution is 0.203. The molecule has 3 nitrogen and oxygen atoms in total. The van der Waals surface area contributed by atoms with E-state index >= 15 is 0 Å². The van der Waals surface area contributed by atoms with Gasteiger partial charge in [0, 0.05) is 19.7 Å². The molecule has 1 saturated carbocycles. The Morgan fingerprint density at radius 2 is 2.06 bits per heavy atom. The van der Waals surface area contributed by atoms with Crippen LogP contribution >= 0.6 is 12.2 Å². The van der Waals surface area contributed by atoms with Crippen molar-refractivity contribution in [1.82, 2.24) is 10.6 Å². The van der Waals surface area contributed by atoms with Crippen molar-refractivity contribution in [2.45, 2.75) is 39.2 Å². The summed E-state index contributed by atoms with van der Waals surface area (Å²) in [6.45, 7) is 6.15. The molecule has 2 N–H and O–H groups in total. The molecule has 94 valence electrons. The van der Waals surface area contributed by atoms with E-state index in [1.165, 1.54) is 19.3 Å². The zero-order chi connectivity index (χ0) is 12.0. The van der Waals surface area contributed by atoms with Gasteiger partial charge in [-0.15, -0.1) is 0 Å². The fourth-order valence-electron chi connectivity index (χ4n) is 2.18. The normalized spacial score (nSPS) is 29.8. The summed E-state index contributed by atoms with van der Waals surface area (Å²) in [6, 6.07) is 0.550. The molecule has 4 heteroatoms. The minimum Gasteiger partial charge on any atom is -0.383 e. The number of thiocarbonyl (C=S) groups is 1. The van der Waals surface area contributed by atoms with Crippen LogP contribution in [0, 0.1) is 11.8 Å². The summed E-state index contributed by atoms with van der Waals surface area (Å²) in [7, 11) is 1.70. The van der Waals surface area contributed by atoms with E-state index in [1.807, 2.05) is 0 Å². The number of rotatable bonds is 4. The number of hydrogen-bond acceptors (Lipinski definition) is 2. The van der Waals surface area contributed by atoms with Gasteiger partial charge in [-0.1, -0.05) is 13.8 Å². The Hall–Kier alpha value is -0.350. The van der Waals surface area contributed by atoms with Gasteiger partial charge in [0.15, 0.2) is 5.11 Å². The Morgan fingerprint density at radius 3 is 2.69 bits per heavy atom. The van der Waals surface area contributed by atoms with Crippen LogP contribution in [0.25, 0.3) is 0 Å². The highest BCUT2D eigenvalue weighted by atomic mass is 32.1. The van der Waals surface area contributed by atoms with Gasteiger partial charge in [-0.3, -0.25) is 0 Å². The molecule has 1 fully saturated rings. The van der Waals surface area contributed by atoms with Crippen molar-refractivity contribution in [1.29, 1.82) is 0 Å². The maximum absolute atomic E-state index is 5.24. The molecule has 1 rings (SSSR count). The fourth-order valence-corrected chi connectivity index (χ4v) is 2.45. The van der Waals surface area contributed by atoms with Crippen LogP contribution in [-0.2, 0) is 4.74 Å². The molecule has 0 heterocycles. The fraction of sp³-hybridized carbons (Fsp3) is 0.917. The van der Waals surface area contributed by atoms with E-state index < -0.39 is 0 Å². The summed E-state index contributed by atoms with van der Waals surface area (Å²) >= 11 is 5.24. The van der Waals surface area contributed by atoms with E-state index in [9.17, 15) is 0 Å². The van der Waals surface area contributed by atoms with Crippen LogP contribution in [0.15, 0.2) is 0 Å². The van der Waals surface area contributed by atoms with E-state index in [4.69, 9.17) is 17.0 Å². The van der Waals surface area contributed by atoms with E-state index in [0.717, 1.165) is 23.5 Å². The third-order valence-corrected chi connectivity index (χ3v) is 3.79. The van der Waals surface area contributed by atoms with Gasteiger partial charge in [-0.05, 0) is 43.3 Å². The van der Waals surface area contributed by atoms with Crippen molar-refractivity contribution in [3.8, 4) is 0 Å². The molecule has 0 saturated heterocycles. The second-order valence-electron chi connectivity index (χ2n) is 4.86. The van der Waals surface area contributed by atoms with Crippen molar-refractivity contribution in [2.24, 2.45) is 11.8 Å². The third-order valence-electron chi connectivity index (χ3n) is 3.53. The summed E-state index contributed by atoms with van der Waals surface area (Å²) in [6.07, 6.45) is 3.77. The van der Waals surface area contributed by atoms with Crippen molar-refractivity contribution >= 4 is 17.3 Å². The van der Waals surface area contributed by atoms with E-state index in [0.29, 0.717) is 12.6 Å². The topological polar surface area (TPSA) is 33.3 Å². The highest BCUT2D eigenvalue weighted by Crippen LogP contribution is 2.29. The Bertz CT molecular complexity index is 223. The van der Waals surface area contributed by atoms with Gasteiger partial charge < -0.3 is 15.4 Å².